The van der Waals surface area contributed by atoms with Crippen LogP contribution in [-0.4, -0.2) is 47.7 Å². The lowest BCUT2D eigenvalue weighted by Crippen LogP contribution is -2.32. The largest absolute Gasteiger partial charge is 0.416 e. The first-order valence-corrected chi connectivity index (χ1v) is 10.9. The van der Waals surface area contributed by atoms with Crippen LogP contribution in [0.2, 0.25) is 0 Å². The van der Waals surface area contributed by atoms with Gasteiger partial charge in [-0.25, -0.2) is 14.4 Å². The molecule has 13 heteroatoms. The second-order valence-corrected chi connectivity index (χ2v) is 7.60. The minimum Gasteiger partial charge on any atom is -0.383 e. The van der Waals surface area contributed by atoms with Gasteiger partial charge in [-0.05, 0) is 43.7 Å². The number of pyridine rings is 1. The number of carbonyl (C=O) groups is 1. The molecule has 0 atom stereocenters. The molecular formula is C23H25F4N7O2. The zero-order valence-corrected chi connectivity index (χ0v) is 19.8. The van der Waals surface area contributed by atoms with Gasteiger partial charge in [0.2, 0.25) is 5.95 Å². The van der Waals surface area contributed by atoms with E-state index in [9.17, 15) is 22.4 Å². The molecule has 0 spiro atoms. The number of carbonyl (C=O) groups excluding carboxylic acids is 1. The number of likely N-dealkylation sites (N-methyl/N-ethyl adjacent to an activating group) is 1. The SMILES string of the molecule is CCN(CCOC)c1nc(NNC(=O)c2cc(C)c(Nc3cccc(C(F)(F)F)c3)cn2)ncc1F. The van der Waals surface area contributed by atoms with E-state index in [1.54, 1.807) is 11.8 Å². The van der Waals surface area contributed by atoms with Gasteiger partial charge in [0.25, 0.3) is 5.91 Å². The normalized spacial score (nSPS) is 11.2. The molecule has 1 aromatic carbocycles. The van der Waals surface area contributed by atoms with E-state index < -0.39 is 23.5 Å². The van der Waals surface area contributed by atoms with Crippen molar-refractivity contribution < 1.29 is 27.1 Å². The van der Waals surface area contributed by atoms with Crippen molar-refractivity contribution in [1.82, 2.24) is 20.4 Å². The van der Waals surface area contributed by atoms with E-state index in [0.29, 0.717) is 30.9 Å². The molecule has 0 radical (unpaired) electrons. The Kier molecular flexibility index (Phi) is 8.59. The number of alkyl halides is 3. The van der Waals surface area contributed by atoms with Crippen molar-refractivity contribution in [1.29, 1.82) is 0 Å². The topological polar surface area (TPSA) is 104 Å². The smallest absolute Gasteiger partial charge is 0.383 e. The molecule has 3 N–H and O–H groups in total. The first-order valence-electron chi connectivity index (χ1n) is 10.9. The molecule has 3 aromatic rings. The molecule has 0 fully saturated rings. The van der Waals surface area contributed by atoms with Crippen LogP contribution in [0.1, 0.15) is 28.5 Å². The number of nitrogens with zero attached hydrogens (tertiary/aromatic N) is 4. The number of rotatable bonds is 10. The summed E-state index contributed by atoms with van der Waals surface area (Å²) >= 11 is 0. The average Bonchev–Trinajstić information content (AvgIpc) is 2.85. The molecule has 0 bridgehead atoms. The Bertz CT molecular complexity index is 1210. The van der Waals surface area contributed by atoms with Crippen LogP contribution in [-0.2, 0) is 10.9 Å². The van der Waals surface area contributed by atoms with Crippen LogP contribution in [0, 0.1) is 12.7 Å². The molecule has 0 aliphatic carbocycles. The highest BCUT2D eigenvalue weighted by molar-refractivity contribution is 5.93. The molecule has 36 heavy (non-hydrogen) atoms. The highest BCUT2D eigenvalue weighted by Gasteiger charge is 2.30. The number of hydrogen-bond acceptors (Lipinski definition) is 8. The number of amides is 1. The van der Waals surface area contributed by atoms with Crippen LogP contribution >= 0.6 is 0 Å². The predicted octanol–water partition coefficient (Wildman–Crippen LogP) is 4.31. The highest BCUT2D eigenvalue weighted by atomic mass is 19.4. The molecule has 0 saturated heterocycles. The number of anilines is 4. The van der Waals surface area contributed by atoms with Gasteiger partial charge >= 0.3 is 6.18 Å². The third kappa shape index (κ3) is 6.78. The number of methoxy groups -OCH3 is 1. The van der Waals surface area contributed by atoms with Crippen LogP contribution in [0.4, 0.5) is 40.7 Å². The van der Waals surface area contributed by atoms with Crippen LogP contribution in [0.25, 0.3) is 0 Å². The molecule has 0 unspecified atom stereocenters. The summed E-state index contributed by atoms with van der Waals surface area (Å²) in [6.07, 6.45) is -2.14. The van der Waals surface area contributed by atoms with Crippen molar-refractivity contribution in [3.8, 4) is 0 Å². The van der Waals surface area contributed by atoms with E-state index in [2.05, 4.69) is 31.1 Å². The second kappa shape index (κ2) is 11.6. The Morgan fingerprint density at radius 3 is 2.61 bits per heavy atom. The molecular weight excluding hydrogens is 482 g/mol. The standard InChI is InChI=1S/C23H25F4N7O2/c1-4-34(8-9-36-3)20-17(24)12-29-22(31-20)33-32-21(35)18-10-14(2)19(13-28-18)30-16-7-5-6-15(11-16)23(25,26)27/h5-7,10-13,30H,4,8-9H2,1-3H3,(H,32,35)(H,29,31,33). The minimum absolute atomic E-state index is 0.0322. The van der Waals surface area contributed by atoms with Crippen LogP contribution in [0.5, 0.6) is 0 Å². The summed E-state index contributed by atoms with van der Waals surface area (Å²) in [5.74, 6) is -1.22. The van der Waals surface area contributed by atoms with E-state index in [4.69, 9.17) is 4.74 Å². The first kappa shape index (κ1) is 26.6. The summed E-state index contributed by atoms with van der Waals surface area (Å²) in [5, 5.41) is 2.87. The van der Waals surface area contributed by atoms with Gasteiger partial charge in [-0.3, -0.25) is 15.6 Å². The van der Waals surface area contributed by atoms with E-state index >= 15 is 0 Å². The number of aromatic nitrogens is 3. The molecule has 0 aliphatic heterocycles. The Morgan fingerprint density at radius 1 is 1.17 bits per heavy atom. The number of halogens is 4. The summed E-state index contributed by atoms with van der Waals surface area (Å²) in [6, 6.07) is 6.21. The summed E-state index contributed by atoms with van der Waals surface area (Å²) in [7, 11) is 1.54. The van der Waals surface area contributed by atoms with E-state index in [-0.39, 0.29) is 23.1 Å². The van der Waals surface area contributed by atoms with Crippen molar-refractivity contribution in [2.24, 2.45) is 0 Å². The molecule has 9 nitrogen and oxygen atoms in total. The van der Waals surface area contributed by atoms with Gasteiger partial charge in [0.15, 0.2) is 11.6 Å². The lowest BCUT2D eigenvalue weighted by Gasteiger charge is -2.22. The maximum absolute atomic E-state index is 14.2. The molecule has 0 saturated carbocycles. The third-order valence-electron chi connectivity index (χ3n) is 5.07. The van der Waals surface area contributed by atoms with Crippen molar-refractivity contribution >= 4 is 29.0 Å². The van der Waals surface area contributed by atoms with Crippen LogP contribution in [0.3, 0.4) is 0 Å². The van der Waals surface area contributed by atoms with Gasteiger partial charge in [0.1, 0.15) is 5.69 Å². The Labute approximate surface area is 204 Å². The van der Waals surface area contributed by atoms with Crippen molar-refractivity contribution in [3.05, 3.63) is 65.4 Å². The number of nitrogens with one attached hydrogen (secondary N) is 3. The van der Waals surface area contributed by atoms with Crippen LogP contribution < -0.4 is 21.1 Å². The molecule has 2 heterocycles. The van der Waals surface area contributed by atoms with Gasteiger partial charge in [0, 0.05) is 25.9 Å². The lowest BCUT2D eigenvalue weighted by molar-refractivity contribution is -0.137. The summed E-state index contributed by atoms with van der Waals surface area (Å²) < 4.78 is 58.1. The van der Waals surface area contributed by atoms with Crippen molar-refractivity contribution in [3.63, 3.8) is 0 Å². The van der Waals surface area contributed by atoms with Gasteiger partial charge in [-0.15, -0.1) is 0 Å². The number of hydrogen-bond donors (Lipinski definition) is 3. The molecule has 0 aliphatic rings. The van der Waals surface area contributed by atoms with Crippen LogP contribution in [0.15, 0.2) is 42.7 Å². The van der Waals surface area contributed by atoms with Gasteiger partial charge < -0.3 is 15.0 Å². The molecule has 3 rings (SSSR count). The third-order valence-corrected chi connectivity index (χ3v) is 5.07. The monoisotopic (exact) mass is 507 g/mol. The number of hydrazine groups is 1. The maximum atomic E-state index is 14.2. The average molecular weight is 507 g/mol. The number of aryl methyl sites for hydroxylation is 1. The minimum atomic E-state index is -4.46. The lowest BCUT2D eigenvalue weighted by atomic mass is 10.1. The predicted molar refractivity (Wildman–Crippen MR) is 127 cm³/mol. The van der Waals surface area contributed by atoms with Gasteiger partial charge in [0.05, 0.1) is 30.3 Å². The zero-order chi connectivity index (χ0) is 26.3. The molecule has 192 valence electrons. The molecule has 2 aromatic heterocycles. The summed E-state index contributed by atoms with van der Waals surface area (Å²) in [4.78, 5) is 26.2. The Hall–Kier alpha value is -4.00. The van der Waals surface area contributed by atoms with Crippen molar-refractivity contribution in [2.45, 2.75) is 20.0 Å². The summed E-state index contributed by atoms with van der Waals surface area (Å²) in [6.45, 7) is 4.78. The summed E-state index contributed by atoms with van der Waals surface area (Å²) in [5.41, 5.74) is 5.41. The molecule has 1 amide bonds. The van der Waals surface area contributed by atoms with Gasteiger partial charge in [-0.2, -0.15) is 18.2 Å². The van der Waals surface area contributed by atoms with E-state index in [1.807, 2.05) is 6.92 Å². The maximum Gasteiger partial charge on any atom is 0.416 e. The fourth-order valence-corrected chi connectivity index (χ4v) is 3.17. The number of benzene rings is 1. The highest BCUT2D eigenvalue weighted by Crippen LogP contribution is 2.31. The first-order chi connectivity index (χ1) is 17.1. The second-order valence-electron chi connectivity index (χ2n) is 7.60. The fourth-order valence-electron chi connectivity index (χ4n) is 3.17. The van der Waals surface area contributed by atoms with Crippen molar-refractivity contribution in [2.75, 3.05) is 42.4 Å². The van der Waals surface area contributed by atoms with E-state index in [0.717, 1.165) is 18.3 Å². The van der Waals surface area contributed by atoms with E-state index in [1.165, 1.54) is 31.5 Å². The zero-order valence-electron chi connectivity index (χ0n) is 19.8. The van der Waals surface area contributed by atoms with Gasteiger partial charge in [-0.1, -0.05) is 6.07 Å². The fraction of sp³-hybridized carbons (Fsp3) is 0.304. The Balaban J connectivity index is 1.67. The Morgan fingerprint density at radius 2 is 1.94 bits per heavy atom. The quantitative estimate of drug-likeness (QED) is 0.276. The number of ether oxygens (including phenoxy) is 1.